The van der Waals surface area contributed by atoms with Gasteiger partial charge in [0, 0.05) is 11.6 Å². The lowest BCUT2D eigenvalue weighted by Gasteiger charge is -2.23. The number of benzene rings is 3. The second-order valence-electron chi connectivity index (χ2n) is 8.98. The summed E-state index contributed by atoms with van der Waals surface area (Å²) in [6.07, 6.45) is 0.691. The molecular weight excluding hydrogens is 490 g/mol. The van der Waals surface area contributed by atoms with E-state index in [1.807, 2.05) is 61.5 Å². The number of halogens is 1. The number of aliphatic hydroxyl groups excluding tert-OH is 1. The zero-order valence-electron chi connectivity index (χ0n) is 20.8. The highest BCUT2D eigenvalue weighted by Crippen LogP contribution is 2.25. The largest absolute Gasteiger partial charge is 0.466 e. The molecule has 3 N–H and O–H groups in total. The molecule has 0 saturated carbocycles. The minimum Gasteiger partial charge on any atom is -0.466 e. The summed E-state index contributed by atoms with van der Waals surface area (Å²) in [5.41, 5.74) is 4.84. The highest BCUT2D eigenvalue weighted by atomic mass is 35.5. The third-order valence-corrected chi connectivity index (χ3v) is 6.50. The average molecular weight is 520 g/mol. The van der Waals surface area contributed by atoms with Gasteiger partial charge in [-0.25, -0.2) is 4.98 Å². The summed E-state index contributed by atoms with van der Waals surface area (Å²) in [7, 11) is 0. The summed E-state index contributed by atoms with van der Waals surface area (Å²) in [5, 5.41) is 13.3. The van der Waals surface area contributed by atoms with Crippen LogP contribution < -0.4 is 5.32 Å². The zero-order chi connectivity index (χ0) is 26.4. The number of nitrogens with one attached hydrogen (secondary N) is 2. The second-order valence-corrected chi connectivity index (χ2v) is 9.39. The quantitative estimate of drug-likeness (QED) is 0.253. The van der Waals surface area contributed by atoms with Crippen LogP contribution in [0.15, 0.2) is 66.7 Å². The summed E-state index contributed by atoms with van der Waals surface area (Å²) in [5.74, 6) is -0.870. The number of amides is 1. The van der Waals surface area contributed by atoms with E-state index in [9.17, 15) is 14.7 Å². The van der Waals surface area contributed by atoms with Gasteiger partial charge in [0.15, 0.2) is 0 Å². The minimum absolute atomic E-state index is 0.218. The maximum atomic E-state index is 13.3. The number of imidazole rings is 1. The number of nitrogens with zero attached hydrogens (tertiary/aromatic N) is 1. The van der Waals surface area contributed by atoms with Crippen LogP contribution in [0.4, 0.5) is 0 Å². The number of hydrogen-bond donors (Lipinski definition) is 3. The third-order valence-electron chi connectivity index (χ3n) is 6.21. The molecule has 0 radical (unpaired) electrons. The predicted octanol–water partition coefficient (Wildman–Crippen LogP) is 5.09. The zero-order valence-corrected chi connectivity index (χ0v) is 21.6. The minimum atomic E-state index is -0.754. The first-order chi connectivity index (χ1) is 17.9. The molecule has 7 nitrogen and oxygen atoms in total. The van der Waals surface area contributed by atoms with Crippen molar-refractivity contribution in [1.82, 2.24) is 15.3 Å². The van der Waals surface area contributed by atoms with E-state index in [0.717, 1.165) is 16.7 Å². The highest BCUT2D eigenvalue weighted by molar-refractivity contribution is 6.35. The molecule has 37 heavy (non-hydrogen) atoms. The fraction of sp³-hybridized carbons (Fsp3) is 0.276. The van der Waals surface area contributed by atoms with Gasteiger partial charge >= 0.3 is 5.97 Å². The Bertz CT molecular complexity index is 1370. The number of ether oxygens (including phenoxy) is 1. The van der Waals surface area contributed by atoms with E-state index in [2.05, 4.69) is 15.3 Å². The van der Waals surface area contributed by atoms with Gasteiger partial charge in [0.2, 0.25) is 0 Å². The molecule has 8 heteroatoms. The topological polar surface area (TPSA) is 104 Å². The number of aromatic amines is 1. The highest BCUT2D eigenvalue weighted by Gasteiger charge is 2.26. The Hall–Kier alpha value is -3.68. The SMILES string of the molecule is CCOC(=O)C(CO)C[C@H](Cc1ccc(-c2ccccc2)cc1)NC(=O)c1cc(Cl)c2nc(C)[nH]c2c1. The Balaban J connectivity index is 1.56. The number of aryl methyl sites for hydroxylation is 1. The Kier molecular flexibility index (Phi) is 8.58. The fourth-order valence-corrected chi connectivity index (χ4v) is 4.65. The first kappa shape index (κ1) is 26.4. The number of esters is 1. The third kappa shape index (κ3) is 6.56. The number of fused-ring (bicyclic) bond motifs is 1. The van der Waals surface area contributed by atoms with Gasteiger partial charge in [-0.2, -0.15) is 0 Å². The van der Waals surface area contributed by atoms with Gasteiger partial charge in [-0.05, 0) is 55.5 Å². The second kappa shape index (κ2) is 12.0. The Morgan fingerprint density at radius 1 is 1.08 bits per heavy atom. The molecule has 0 fully saturated rings. The number of aromatic nitrogens is 2. The van der Waals surface area contributed by atoms with E-state index in [0.29, 0.717) is 33.9 Å². The standard InChI is InChI=1S/C29H30ClN3O4/c1-3-37-29(36)23(17-34)14-24(13-19-9-11-21(12-10-19)20-7-5-4-6-8-20)33-28(35)22-15-25(30)27-26(16-22)31-18(2)32-27/h4-12,15-16,23-24,34H,3,13-14,17H2,1-2H3,(H,31,32)(H,33,35)/t23?,24-/m0/s1. The van der Waals surface area contributed by atoms with Crippen LogP contribution in [0.3, 0.4) is 0 Å². The van der Waals surface area contributed by atoms with Crippen molar-refractivity contribution in [2.24, 2.45) is 5.92 Å². The summed E-state index contributed by atoms with van der Waals surface area (Å²) in [4.78, 5) is 33.1. The van der Waals surface area contributed by atoms with Crippen molar-refractivity contribution in [2.45, 2.75) is 32.7 Å². The van der Waals surface area contributed by atoms with Crippen molar-refractivity contribution in [3.8, 4) is 11.1 Å². The number of hydrogen-bond acceptors (Lipinski definition) is 5. The van der Waals surface area contributed by atoms with Gasteiger partial charge in [0.05, 0.1) is 29.7 Å². The van der Waals surface area contributed by atoms with Crippen LogP contribution >= 0.6 is 11.6 Å². The van der Waals surface area contributed by atoms with Gasteiger partial charge in [-0.1, -0.05) is 66.2 Å². The lowest BCUT2D eigenvalue weighted by Crippen LogP contribution is -2.40. The van der Waals surface area contributed by atoms with Crippen LogP contribution in [0, 0.1) is 12.8 Å². The molecule has 3 aromatic carbocycles. The van der Waals surface area contributed by atoms with E-state index in [-0.39, 0.29) is 25.5 Å². The number of H-pyrrole nitrogens is 1. The van der Waals surface area contributed by atoms with Crippen LogP contribution in [0.5, 0.6) is 0 Å². The molecular formula is C29H30ClN3O4. The van der Waals surface area contributed by atoms with Crippen LogP contribution in [-0.4, -0.2) is 46.2 Å². The molecule has 1 heterocycles. The molecule has 1 aromatic heterocycles. The predicted molar refractivity (Wildman–Crippen MR) is 145 cm³/mol. The summed E-state index contributed by atoms with van der Waals surface area (Å²) < 4.78 is 5.13. The van der Waals surface area contributed by atoms with Crippen LogP contribution in [0.1, 0.15) is 35.1 Å². The first-order valence-corrected chi connectivity index (χ1v) is 12.6. The molecule has 0 aliphatic carbocycles. The molecule has 0 aliphatic rings. The summed E-state index contributed by atoms with van der Waals surface area (Å²) in [6, 6.07) is 21.0. The Morgan fingerprint density at radius 3 is 2.46 bits per heavy atom. The van der Waals surface area contributed by atoms with Gasteiger partial charge in [-0.3, -0.25) is 9.59 Å². The van der Waals surface area contributed by atoms with Gasteiger partial charge in [0.1, 0.15) is 11.3 Å². The van der Waals surface area contributed by atoms with Crippen molar-refractivity contribution in [2.75, 3.05) is 13.2 Å². The molecule has 2 atom stereocenters. The van der Waals surface area contributed by atoms with E-state index >= 15 is 0 Å². The van der Waals surface area contributed by atoms with Crippen LogP contribution in [-0.2, 0) is 16.0 Å². The molecule has 0 bridgehead atoms. The lowest BCUT2D eigenvalue weighted by atomic mass is 9.94. The van der Waals surface area contributed by atoms with Crippen molar-refractivity contribution < 1.29 is 19.4 Å². The van der Waals surface area contributed by atoms with Crippen molar-refractivity contribution in [3.05, 3.63) is 88.7 Å². The molecule has 0 aliphatic heterocycles. The molecule has 4 aromatic rings. The molecule has 192 valence electrons. The fourth-order valence-electron chi connectivity index (χ4n) is 4.39. The average Bonchev–Trinajstić information content (AvgIpc) is 3.29. The van der Waals surface area contributed by atoms with E-state index in [1.54, 1.807) is 19.1 Å². The van der Waals surface area contributed by atoms with Gasteiger partial charge in [-0.15, -0.1) is 0 Å². The van der Waals surface area contributed by atoms with Gasteiger partial charge in [0.25, 0.3) is 5.91 Å². The molecule has 1 unspecified atom stereocenters. The van der Waals surface area contributed by atoms with Gasteiger partial charge < -0.3 is 20.1 Å². The molecule has 1 amide bonds. The van der Waals surface area contributed by atoms with Crippen LogP contribution in [0.25, 0.3) is 22.2 Å². The maximum absolute atomic E-state index is 13.3. The van der Waals surface area contributed by atoms with Crippen molar-refractivity contribution in [1.29, 1.82) is 0 Å². The monoisotopic (exact) mass is 519 g/mol. The first-order valence-electron chi connectivity index (χ1n) is 12.3. The maximum Gasteiger partial charge on any atom is 0.311 e. The number of carbonyl (C=O) groups excluding carboxylic acids is 2. The molecule has 0 saturated heterocycles. The molecule has 0 spiro atoms. The Morgan fingerprint density at radius 2 is 1.78 bits per heavy atom. The summed E-state index contributed by atoms with van der Waals surface area (Å²) >= 11 is 6.38. The normalized spacial score (nSPS) is 12.8. The lowest BCUT2D eigenvalue weighted by molar-refractivity contribution is -0.149. The number of aliphatic hydroxyl groups is 1. The smallest absolute Gasteiger partial charge is 0.311 e. The number of carbonyl (C=O) groups is 2. The van der Waals surface area contributed by atoms with Crippen molar-refractivity contribution in [3.63, 3.8) is 0 Å². The van der Waals surface area contributed by atoms with E-state index in [1.165, 1.54) is 0 Å². The Labute approximate surface area is 220 Å². The van der Waals surface area contributed by atoms with Crippen LogP contribution in [0.2, 0.25) is 5.02 Å². The number of rotatable bonds is 10. The van der Waals surface area contributed by atoms with E-state index in [4.69, 9.17) is 16.3 Å². The summed E-state index contributed by atoms with van der Waals surface area (Å²) in [6.45, 7) is 3.38. The molecule has 4 rings (SSSR count). The van der Waals surface area contributed by atoms with Crippen molar-refractivity contribution >= 4 is 34.5 Å². The van der Waals surface area contributed by atoms with E-state index < -0.39 is 17.9 Å².